The molecular weight excluding hydrogens is 266 g/mol. The van der Waals surface area contributed by atoms with Gasteiger partial charge in [0.2, 0.25) is 0 Å². The maximum absolute atomic E-state index is 12.0. The topological polar surface area (TPSA) is 114 Å². The van der Waals surface area contributed by atoms with Gasteiger partial charge in [0.1, 0.15) is 5.69 Å². The van der Waals surface area contributed by atoms with E-state index in [1.807, 2.05) is 0 Å². The van der Waals surface area contributed by atoms with Gasteiger partial charge in [0.15, 0.2) is 0 Å². The molecule has 1 aromatic heterocycles. The van der Waals surface area contributed by atoms with E-state index < -0.39 is 16.8 Å². The van der Waals surface area contributed by atoms with Gasteiger partial charge >= 0.3 is 5.97 Å². The van der Waals surface area contributed by atoms with Gasteiger partial charge in [0, 0.05) is 25.1 Å². The van der Waals surface area contributed by atoms with Crippen LogP contribution in [0, 0.1) is 10.1 Å². The van der Waals surface area contributed by atoms with Gasteiger partial charge in [-0.3, -0.25) is 19.7 Å². The number of aryl methyl sites for hydroxylation is 1. The number of carbonyl (C=O) groups is 2. The number of amides is 1. The number of rotatable bonds is 7. The van der Waals surface area contributed by atoms with E-state index in [2.05, 4.69) is 5.32 Å². The van der Waals surface area contributed by atoms with Crippen molar-refractivity contribution in [1.82, 2.24) is 9.88 Å². The molecule has 0 aliphatic carbocycles. The van der Waals surface area contributed by atoms with Gasteiger partial charge in [-0.2, -0.15) is 0 Å². The highest BCUT2D eigenvalue weighted by Crippen LogP contribution is 2.16. The molecule has 0 bridgehead atoms. The van der Waals surface area contributed by atoms with E-state index >= 15 is 0 Å². The normalized spacial score (nSPS) is 11.9. The fourth-order valence-electron chi connectivity index (χ4n) is 1.76. The number of nitrogens with one attached hydrogen (secondary N) is 1. The summed E-state index contributed by atoms with van der Waals surface area (Å²) in [5.74, 6) is -1.38. The van der Waals surface area contributed by atoms with Gasteiger partial charge in [-0.1, -0.05) is 0 Å². The predicted octanol–water partition coefficient (Wildman–Crippen LogP) is 1.40. The number of aromatic nitrogens is 1. The maximum Gasteiger partial charge on any atom is 0.303 e. The highest BCUT2D eigenvalue weighted by atomic mass is 16.6. The minimum Gasteiger partial charge on any atom is -0.481 e. The van der Waals surface area contributed by atoms with Crippen LogP contribution >= 0.6 is 0 Å². The summed E-state index contributed by atoms with van der Waals surface area (Å²) >= 11 is 0. The maximum atomic E-state index is 12.0. The molecule has 1 heterocycles. The zero-order valence-electron chi connectivity index (χ0n) is 11.3. The lowest BCUT2D eigenvalue weighted by Gasteiger charge is -2.13. The zero-order chi connectivity index (χ0) is 15.3. The number of aliphatic carboxylic acids is 1. The Bertz CT molecular complexity index is 523. The molecule has 2 N–H and O–H groups in total. The number of hydrogen-bond donors (Lipinski definition) is 2. The van der Waals surface area contributed by atoms with Crippen molar-refractivity contribution in [3.05, 3.63) is 28.1 Å². The molecule has 0 saturated heterocycles. The van der Waals surface area contributed by atoms with E-state index in [0.29, 0.717) is 13.0 Å². The second-order valence-corrected chi connectivity index (χ2v) is 4.43. The van der Waals surface area contributed by atoms with Crippen molar-refractivity contribution in [1.29, 1.82) is 0 Å². The lowest BCUT2D eigenvalue weighted by atomic mass is 10.2. The minimum atomic E-state index is -0.932. The van der Waals surface area contributed by atoms with Crippen molar-refractivity contribution in [3.63, 3.8) is 0 Å². The van der Waals surface area contributed by atoms with Crippen LogP contribution in [0.25, 0.3) is 0 Å². The molecule has 1 amide bonds. The van der Waals surface area contributed by atoms with Crippen LogP contribution in [0.15, 0.2) is 12.3 Å². The van der Waals surface area contributed by atoms with Crippen LogP contribution in [0.3, 0.4) is 0 Å². The molecule has 20 heavy (non-hydrogen) atoms. The number of nitro groups is 1. The molecule has 1 unspecified atom stereocenters. The Morgan fingerprint density at radius 1 is 1.55 bits per heavy atom. The Morgan fingerprint density at radius 3 is 2.70 bits per heavy atom. The molecule has 110 valence electrons. The first-order chi connectivity index (χ1) is 9.35. The van der Waals surface area contributed by atoms with Crippen molar-refractivity contribution < 1.29 is 19.6 Å². The Morgan fingerprint density at radius 2 is 2.20 bits per heavy atom. The first-order valence-electron chi connectivity index (χ1n) is 6.22. The highest BCUT2D eigenvalue weighted by Gasteiger charge is 2.19. The molecule has 0 aromatic carbocycles. The van der Waals surface area contributed by atoms with Crippen LogP contribution in [0.1, 0.15) is 37.2 Å². The first kappa shape index (κ1) is 15.7. The summed E-state index contributed by atoms with van der Waals surface area (Å²) in [6.07, 6.45) is 1.56. The Kier molecular flexibility index (Phi) is 5.24. The summed E-state index contributed by atoms with van der Waals surface area (Å²) in [6.45, 7) is 3.89. The molecular formula is C12H17N3O5. The second-order valence-electron chi connectivity index (χ2n) is 4.43. The first-order valence-corrected chi connectivity index (χ1v) is 6.22. The summed E-state index contributed by atoms with van der Waals surface area (Å²) < 4.78 is 1.48. The molecule has 0 radical (unpaired) electrons. The van der Waals surface area contributed by atoms with Crippen LogP contribution in [0.5, 0.6) is 0 Å². The van der Waals surface area contributed by atoms with E-state index in [1.165, 1.54) is 16.8 Å². The standard InChI is InChI=1S/C12H17N3O5/c1-3-14-7-9(15(19)20)6-10(14)12(18)13-8(2)4-5-11(16)17/h6-8H,3-5H2,1-2H3,(H,13,18)(H,16,17). The van der Waals surface area contributed by atoms with Crippen LogP contribution in [-0.4, -0.2) is 32.5 Å². The van der Waals surface area contributed by atoms with Gasteiger partial charge in [-0.15, -0.1) is 0 Å². The van der Waals surface area contributed by atoms with Gasteiger partial charge in [-0.05, 0) is 20.3 Å². The number of carbonyl (C=O) groups excluding carboxylic acids is 1. The molecule has 8 nitrogen and oxygen atoms in total. The van der Waals surface area contributed by atoms with Crippen LogP contribution < -0.4 is 5.32 Å². The van der Waals surface area contributed by atoms with Crippen molar-refractivity contribution in [2.24, 2.45) is 0 Å². The van der Waals surface area contributed by atoms with E-state index in [-0.39, 0.29) is 23.8 Å². The summed E-state index contributed by atoms with van der Waals surface area (Å²) in [5.41, 5.74) is 0.0524. The van der Waals surface area contributed by atoms with Gasteiger partial charge in [-0.25, -0.2) is 0 Å². The van der Waals surface area contributed by atoms with E-state index in [0.717, 1.165) is 0 Å². The zero-order valence-corrected chi connectivity index (χ0v) is 11.3. The smallest absolute Gasteiger partial charge is 0.303 e. The third-order valence-electron chi connectivity index (χ3n) is 2.83. The summed E-state index contributed by atoms with van der Waals surface area (Å²) in [5, 5.41) is 21.9. The van der Waals surface area contributed by atoms with Gasteiger partial charge in [0.25, 0.3) is 11.6 Å². The third kappa shape index (κ3) is 4.08. The molecule has 0 aliphatic rings. The summed E-state index contributed by atoms with van der Waals surface area (Å²) in [4.78, 5) is 32.6. The monoisotopic (exact) mass is 283 g/mol. The molecule has 8 heteroatoms. The highest BCUT2D eigenvalue weighted by molar-refractivity contribution is 5.93. The average molecular weight is 283 g/mol. The van der Waals surface area contributed by atoms with E-state index in [1.54, 1.807) is 13.8 Å². The fraction of sp³-hybridized carbons (Fsp3) is 0.500. The van der Waals surface area contributed by atoms with Crippen LogP contribution in [-0.2, 0) is 11.3 Å². The molecule has 0 saturated carbocycles. The van der Waals surface area contributed by atoms with Crippen molar-refractivity contribution in [2.45, 2.75) is 39.3 Å². The summed E-state index contributed by atoms with van der Waals surface area (Å²) in [7, 11) is 0. The Labute approximate surface area is 115 Å². The molecule has 1 rings (SSSR count). The fourth-order valence-corrected chi connectivity index (χ4v) is 1.76. The van der Waals surface area contributed by atoms with Crippen molar-refractivity contribution in [2.75, 3.05) is 0 Å². The SMILES string of the molecule is CCn1cc([N+](=O)[O-])cc1C(=O)NC(C)CCC(=O)O. The minimum absolute atomic E-state index is 0.0453. The summed E-state index contributed by atoms with van der Waals surface area (Å²) in [6, 6.07) is 0.890. The quantitative estimate of drug-likeness (QED) is 0.579. The van der Waals surface area contributed by atoms with Crippen molar-refractivity contribution in [3.8, 4) is 0 Å². The Balaban J connectivity index is 2.76. The lowest BCUT2D eigenvalue weighted by Crippen LogP contribution is -2.34. The molecule has 0 aliphatic heterocycles. The van der Waals surface area contributed by atoms with Gasteiger partial charge < -0.3 is 15.0 Å². The van der Waals surface area contributed by atoms with Crippen LogP contribution in [0.2, 0.25) is 0 Å². The second kappa shape index (κ2) is 6.69. The average Bonchev–Trinajstić information content (AvgIpc) is 2.80. The third-order valence-corrected chi connectivity index (χ3v) is 2.83. The Hall–Kier alpha value is -2.38. The van der Waals surface area contributed by atoms with Crippen molar-refractivity contribution >= 4 is 17.6 Å². The number of nitrogens with zero attached hydrogens (tertiary/aromatic N) is 2. The van der Waals surface area contributed by atoms with E-state index in [9.17, 15) is 19.7 Å². The number of carboxylic acid groups (broad SMARTS) is 1. The molecule has 1 aromatic rings. The van der Waals surface area contributed by atoms with E-state index in [4.69, 9.17) is 5.11 Å². The number of carboxylic acids is 1. The van der Waals surface area contributed by atoms with Gasteiger partial charge in [0.05, 0.1) is 11.1 Å². The molecule has 1 atom stereocenters. The molecule has 0 fully saturated rings. The largest absolute Gasteiger partial charge is 0.481 e. The lowest BCUT2D eigenvalue weighted by molar-refractivity contribution is -0.384. The predicted molar refractivity (Wildman–Crippen MR) is 70.6 cm³/mol. The molecule has 0 spiro atoms. The number of hydrogen-bond acceptors (Lipinski definition) is 4. The van der Waals surface area contributed by atoms with Crippen LogP contribution in [0.4, 0.5) is 5.69 Å².